The van der Waals surface area contributed by atoms with E-state index >= 15 is 0 Å². The number of hydrogen-bond donors (Lipinski definition) is 2. The number of rotatable bonds is 6. The van der Waals surface area contributed by atoms with Crippen LogP contribution in [-0.4, -0.2) is 30.5 Å². The number of carbonyl (C=O) groups excluding carboxylic acids is 1. The van der Waals surface area contributed by atoms with Gasteiger partial charge in [0, 0.05) is 6.54 Å². The lowest BCUT2D eigenvalue weighted by Crippen LogP contribution is -2.42. The molecule has 0 saturated heterocycles. The van der Waals surface area contributed by atoms with Crippen LogP contribution in [0.15, 0.2) is 0 Å². The number of amides is 1. The summed E-state index contributed by atoms with van der Waals surface area (Å²) in [5, 5.41) is 3.04. The van der Waals surface area contributed by atoms with Crippen LogP contribution in [-0.2, 0) is 4.79 Å². The van der Waals surface area contributed by atoms with E-state index in [0.29, 0.717) is 5.92 Å². The van der Waals surface area contributed by atoms with E-state index < -0.39 is 0 Å². The van der Waals surface area contributed by atoms with Crippen molar-refractivity contribution < 1.29 is 4.79 Å². The molecule has 0 aliphatic heterocycles. The van der Waals surface area contributed by atoms with E-state index in [-0.39, 0.29) is 11.9 Å². The molecule has 0 spiro atoms. The van der Waals surface area contributed by atoms with Crippen LogP contribution in [0.5, 0.6) is 0 Å². The summed E-state index contributed by atoms with van der Waals surface area (Å²) < 4.78 is 0. The van der Waals surface area contributed by atoms with Crippen molar-refractivity contribution in [3.63, 3.8) is 0 Å². The molecular weight excluding hydrogens is 244 g/mol. The lowest BCUT2D eigenvalue weighted by Gasteiger charge is -2.21. The van der Waals surface area contributed by atoms with Gasteiger partial charge in [-0.3, -0.25) is 4.79 Å². The van der Waals surface area contributed by atoms with Crippen molar-refractivity contribution in [3.8, 4) is 0 Å². The van der Waals surface area contributed by atoms with E-state index in [1.807, 2.05) is 6.26 Å². The number of nitrogens with one attached hydrogen (secondary N) is 1. The molecule has 1 atom stereocenters. The average molecular weight is 272 g/mol. The van der Waals surface area contributed by atoms with Crippen LogP contribution in [0, 0.1) is 5.92 Å². The third-order valence-electron chi connectivity index (χ3n) is 3.76. The van der Waals surface area contributed by atoms with Crippen molar-refractivity contribution in [1.29, 1.82) is 0 Å². The van der Waals surface area contributed by atoms with Gasteiger partial charge in [-0.05, 0) is 37.2 Å². The summed E-state index contributed by atoms with van der Waals surface area (Å²) in [5.41, 5.74) is 5.85. The molecule has 0 radical (unpaired) electrons. The number of thioether (sulfide) groups is 1. The normalized spacial score (nSPS) is 19.9. The predicted octanol–water partition coefficient (Wildman–Crippen LogP) is 2.54. The summed E-state index contributed by atoms with van der Waals surface area (Å²) in [6.07, 6.45) is 12.1. The van der Waals surface area contributed by atoms with E-state index in [9.17, 15) is 4.79 Å². The molecule has 0 unspecified atom stereocenters. The third-order valence-corrected chi connectivity index (χ3v) is 4.40. The topological polar surface area (TPSA) is 55.1 Å². The molecule has 4 heteroatoms. The highest BCUT2D eigenvalue weighted by Gasteiger charge is 2.16. The third kappa shape index (κ3) is 6.64. The Bertz CT molecular complexity index is 228. The largest absolute Gasteiger partial charge is 0.354 e. The van der Waals surface area contributed by atoms with Gasteiger partial charge in [0.1, 0.15) is 0 Å². The number of carbonyl (C=O) groups is 1. The molecule has 3 nitrogen and oxygen atoms in total. The van der Waals surface area contributed by atoms with Gasteiger partial charge >= 0.3 is 0 Å². The molecule has 1 aliphatic rings. The van der Waals surface area contributed by atoms with E-state index in [1.165, 1.54) is 44.9 Å². The summed E-state index contributed by atoms with van der Waals surface area (Å²) in [6, 6.07) is -0.328. The Morgan fingerprint density at radius 3 is 2.50 bits per heavy atom. The second-order valence-corrected chi connectivity index (χ2v) is 6.33. The maximum absolute atomic E-state index is 11.8. The standard InChI is InChI=1S/C14H28N2OS/c1-18-10-9-13(15)14(17)16-11-12-7-5-3-2-4-6-8-12/h12-13H,2-11,15H2,1H3,(H,16,17)/t13-/m0/s1. The van der Waals surface area contributed by atoms with Crippen LogP contribution in [0.3, 0.4) is 0 Å². The summed E-state index contributed by atoms with van der Waals surface area (Å²) >= 11 is 1.74. The fourth-order valence-electron chi connectivity index (χ4n) is 2.50. The van der Waals surface area contributed by atoms with Crippen molar-refractivity contribution in [2.24, 2.45) is 11.7 Å². The fourth-order valence-corrected chi connectivity index (χ4v) is 2.99. The van der Waals surface area contributed by atoms with Gasteiger partial charge in [-0.15, -0.1) is 0 Å². The van der Waals surface area contributed by atoms with E-state index in [2.05, 4.69) is 5.32 Å². The van der Waals surface area contributed by atoms with Crippen molar-refractivity contribution in [2.45, 2.75) is 57.4 Å². The molecule has 1 rings (SSSR count). The minimum absolute atomic E-state index is 0.0334. The van der Waals surface area contributed by atoms with E-state index in [1.54, 1.807) is 11.8 Å². The second-order valence-electron chi connectivity index (χ2n) is 5.34. The Kier molecular flexibility index (Phi) is 8.51. The minimum Gasteiger partial charge on any atom is -0.354 e. The van der Waals surface area contributed by atoms with Gasteiger partial charge in [0.25, 0.3) is 0 Å². The zero-order valence-corrected chi connectivity index (χ0v) is 12.4. The molecule has 0 bridgehead atoms. The average Bonchev–Trinajstić information content (AvgIpc) is 2.34. The zero-order valence-electron chi connectivity index (χ0n) is 11.6. The molecule has 0 heterocycles. The summed E-state index contributed by atoms with van der Waals surface area (Å²) in [5.74, 6) is 1.66. The molecule has 106 valence electrons. The van der Waals surface area contributed by atoms with Crippen LogP contribution in [0.1, 0.15) is 51.4 Å². The van der Waals surface area contributed by atoms with Gasteiger partial charge in [0.15, 0.2) is 0 Å². The van der Waals surface area contributed by atoms with Crippen LogP contribution in [0.25, 0.3) is 0 Å². The lowest BCUT2D eigenvalue weighted by atomic mass is 9.91. The molecule has 1 amide bonds. The maximum atomic E-state index is 11.8. The Balaban J connectivity index is 2.19. The highest BCUT2D eigenvalue weighted by molar-refractivity contribution is 7.98. The molecule has 1 saturated carbocycles. The van der Waals surface area contributed by atoms with Crippen LogP contribution >= 0.6 is 11.8 Å². The lowest BCUT2D eigenvalue weighted by molar-refractivity contribution is -0.122. The summed E-state index contributed by atoms with van der Waals surface area (Å²) in [4.78, 5) is 11.8. The highest BCUT2D eigenvalue weighted by atomic mass is 32.2. The maximum Gasteiger partial charge on any atom is 0.236 e. The molecular formula is C14H28N2OS. The van der Waals surface area contributed by atoms with E-state index in [4.69, 9.17) is 5.73 Å². The van der Waals surface area contributed by atoms with Crippen LogP contribution in [0.2, 0.25) is 0 Å². The van der Waals surface area contributed by atoms with Crippen LogP contribution < -0.4 is 11.1 Å². The van der Waals surface area contributed by atoms with Crippen molar-refractivity contribution in [1.82, 2.24) is 5.32 Å². The first kappa shape index (κ1) is 15.8. The molecule has 0 aromatic carbocycles. The first-order valence-electron chi connectivity index (χ1n) is 7.26. The van der Waals surface area contributed by atoms with Crippen LogP contribution in [0.4, 0.5) is 0 Å². The van der Waals surface area contributed by atoms with Crippen molar-refractivity contribution in [3.05, 3.63) is 0 Å². The van der Waals surface area contributed by atoms with Crippen molar-refractivity contribution in [2.75, 3.05) is 18.6 Å². The Morgan fingerprint density at radius 1 is 1.28 bits per heavy atom. The minimum atomic E-state index is -0.328. The van der Waals surface area contributed by atoms with Gasteiger partial charge in [-0.25, -0.2) is 0 Å². The molecule has 1 fully saturated rings. The Morgan fingerprint density at radius 2 is 1.89 bits per heavy atom. The first-order valence-corrected chi connectivity index (χ1v) is 8.65. The Hall–Kier alpha value is -0.220. The monoisotopic (exact) mass is 272 g/mol. The van der Waals surface area contributed by atoms with Gasteiger partial charge in [-0.1, -0.05) is 32.1 Å². The summed E-state index contributed by atoms with van der Waals surface area (Å²) in [7, 11) is 0. The predicted molar refractivity (Wildman–Crippen MR) is 79.8 cm³/mol. The second kappa shape index (κ2) is 9.68. The Labute approximate surface area is 116 Å². The van der Waals surface area contributed by atoms with Gasteiger partial charge in [0.05, 0.1) is 6.04 Å². The highest BCUT2D eigenvalue weighted by Crippen LogP contribution is 2.21. The molecule has 0 aromatic rings. The fraction of sp³-hybridized carbons (Fsp3) is 0.929. The SMILES string of the molecule is CSCC[C@H](N)C(=O)NCC1CCCCCCC1. The molecule has 1 aliphatic carbocycles. The van der Waals surface area contributed by atoms with Gasteiger partial charge in [0.2, 0.25) is 5.91 Å². The molecule has 18 heavy (non-hydrogen) atoms. The molecule has 0 aromatic heterocycles. The van der Waals surface area contributed by atoms with E-state index in [0.717, 1.165) is 18.7 Å². The smallest absolute Gasteiger partial charge is 0.236 e. The van der Waals surface area contributed by atoms with Gasteiger partial charge in [-0.2, -0.15) is 11.8 Å². The first-order chi connectivity index (χ1) is 8.74. The van der Waals surface area contributed by atoms with Gasteiger partial charge < -0.3 is 11.1 Å². The quantitative estimate of drug-likeness (QED) is 0.781. The zero-order chi connectivity index (χ0) is 13.2. The van der Waals surface area contributed by atoms with Crippen molar-refractivity contribution >= 4 is 17.7 Å². The number of nitrogens with two attached hydrogens (primary N) is 1. The summed E-state index contributed by atoms with van der Waals surface area (Å²) in [6.45, 7) is 0.825. The molecule has 3 N–H and O–H groups in total. The number of hydrogen-bond acceptors (Lipinski definition) is 3.